The van der Waals surface area contributed by atoms with Crippen LogP contribution in [0.5, 0.6) is 0 Å². The predicted octanol–water partition coefficient (Wildman–Crippen LogP) is 8.33. The summed E-state index contributed by atoms with van der Waals surface area (Å²) in [4.78, 5) is 0. The smallest absolute Gasteiger partial charge is 0.0351 e. The summed E-state index contributed by atoms with van der Waals surface area (Å²) in [6.45, 7) is 12.6. The lowest BCUT2D eigenvalue weighted by Crippen LogP contribution is -2.08. The molecule has 0 fully saturated rings. The van der Waals surface area contributed by atoms with E-state index in [2.05, 4.69) is 39.8 Å². The van der Waals surface area contributed by atoms with Crippen LogP contribution < -0.4 is 0 Å². The Morgan fingerprint density at radius 3 is 1.61 bits per heavy atom. The fraction of sp³-hybridized carbons (Fsp3) is 0.826. The fourth-order valence-corrected chi connectivity index (χ4v) is 3.27. The molecule has 1 unspecified atom stereocenters. The lowest BCUT2D eigenvalue weighted by Gasteiger charge is -2.20. The summed E-state index contributed by atoms with van der Waals surface area (Å²) in [5, 5.41) is 0. The number of hydrogen-bond donors (Lipinski definition) is 0. The molecule has 0 nitrogen and oxygen atoms in total. The molecule has 0 aromatic rings. The van der Waals surface area contributed by atoms with Gasteiger partial charge in [0.2, 0.25) is 0 Å². The lowest BCUT2D eigenvalue weighted by atomic mass is 9.86. The molecular formula is C23H44. The predicted molar refractivity (Wildman–Crippen MR) is 107 cm³/mol. The Balaban J connectivity index is 3.56. The largest absolute Gasteiger partial charge is 0.0885 e. The third-order valence-corrected chi connectivity index (χ3v) is 5.00. The molecular weight excluding hydrogens is 276 g/mol. The molecule has 0 aliphatic carbocycles. The van der Waals surface area contributed by atoms with Crippen LogP contribution in [-0.4, -0.2) is 0 Å². The lowest BCUT2D eigenvalue weighted by molar-refractivity contribution is 0.315. The Morgan fingerprint density at radius 2 is 1.04 bits per heavy atom. The first-order valence-electron chi connectivity index (χ1n) is 10.5. The normalized spacial score (nSPS) is 13.3. The quantitative estimate of drug-likeness (QED) is 0.186. The molecule has 0 N–H and O–H groups in total. The van der Waals surface area contributed by atoms with Crippen molar-refractivity contribution in [2.24, 2.45) is 11.8 Å². The monoisotopic (exact) mass is 320 g/mol. The molecule has 0 amide bonds. The molecule has 0 spiro atoms. The van der Waals surface area contributed by atoms with Crippen molar-refractivity contribution in [3.05, 3.63) is 26.0 Å². The summed E-state index contributed by atoms with van der Waals surface area (Å²) in [7, 11) is 0. The maximum Gasteiger partial charge on any atom is -0.0351 e. The Kier molecular flexibility index (Phi) is 17.9. The summed E-state index contributed by atoms with van der Waals surface area (Å²) in [5.41, 5.74) is 0. The molecule has 0 bridgehead atoms. The van der Waals surface area contributed by atoms with Gasteiger partial charge in [0.05, 0.1) is 0 Å². The van der Waals surface area contributed by atoms with E-state index in [0.29, 0.717) is 0 Å². The highest BCUT2D eigenvalue weighted by atomic mass is 14.2. The van der Waals surface area contributed by atoms with Crippen LogP contribution >= 0.6 is 0 Å². The van der Waals surface area contributed by atoms with Gasteiger partial charge in [-0.3, -0.25) is 0 Å². The van der Waals surface area contributed by atoms with Crippen LogP contribution in [0.3, 0.4) is 0 Å². The standard InChI is InChI=1S/C23H44/c1-5-7-9-11-13-14-15-17-19-21-23(22(3)4)20-18-16-12-10-8-6-2/h13-14,22-23H,1-2,5-12,15-21H2,3-4H3/b14-13+. The first kappa shape index (κ1) is 22.7. The Bertz CT molecular complexity index is 238. The van der Waals surface area contributed by atoms with Crippen molar-refractivity contribution >= 4 is 0 Å². The summed E-state index contributed by atoms with van der Waals surface area (Å²) in [5.74, 6) is 1.80. The highest BCUT2D eigenvalue weighted by Crippen LogP contribution is 2.25. The molecule has 0 aromatic carbocycles. The van der Waals surface area contributed by atoms with Gasteiger partial charge in [-0.15, -0.1) is 0 Å². The van der Waals surface area contributed by atoms with Crippen LogP contribution in [0.2, 0.25) is 0 Å². The molecule has 1 atom stereocenters. The van der Waals surface area contributed by atoms with E-state index in [0.717, 1.165) is 24.7 Å². The second-order valence-corrected chi connectivity index (χ2v) is 7.52. The van der Waals surface area contributed by atoms with Gasteiger partial charge in [0.1, 0.15) is 0 Å². The summed E-state index contributed by atoms with van der Waals surface area (Å²) < 4.78 is 0. The Labute approximate surface area is 148 Å². The van der Waals surface area contributed by atoms with Gasteiger partial charge < -0.3 is 0 Å². The van der Waals surface area contributed by atoms with E-state index in [-0.39, 0.29) is 0 Å². The van der Waals surface area contributed by atoms with Crippen LogP contribution in [0.1, 0.15) is 110 Å². The second-order valence-electron chi connectivity index (χ2n) is 7.52. The zero-order valence-electron chi connectivity index (χ0n) is 16.3. The van der Waals surface area contributed by atoms with Gasteiger partial charge in [-0.05, 0) is 37.5 Å². The molecule has 0 heteroatoms. The first-order valence-corrected chi connectivity index (χ1v) is 10.5. The Morgan fingerprint density at radius 1 is 0.609 bits per heavy atom. The van der Waals surface area contributed by atoms with E-state index in [1.165, 1.54) is 83.5 Å². The molecule has 136 valence electrons. The van der Waals surface area contributed by atoms with Crippen LogP contribution in [0.4, 0.5) is 0 Å². The summed E-state index contributed by atoms with van der Waals surface area (Å²) in [6, 6.07) is 0. The third kappa shape index (κ3) is 16.4. The zero-order chi connectivity index (χ0) is 17.2. The van der Waals surface area contributed by atoms with Crippen molar-refractivity contribution in [2.75, 3.05) is 0 Å². The Hall–Kier alpha value is -0.260. The van der Waals surface area contributed by atoms with E-state index < -0.39 is 0 Å². The zero-order valence-corrected chi connectivity index (χ0v) is 16.3. The summed E-state index contributed by atoms with van der Waals surface area (Å²) >= 11 is 0. The molecule has 0 aliphatic rings. The van der Waals surface area contributed by atoms with Gasteiger partial charge in [0, 0.05) is 0 Å². The number of unbranched alkanes of at least 4 members (excludes halogenated alkanes) is 10. The number of allylic oxidation sites excluding steroid dienone is 2. The van der Waals surface area contributed by atoms with Gasteiger partial charge in [-0.2, -0.15) is 0 Å². The van der Waals surface area contributed by atoms with Crippen molar-refractivity contribution in [1.82, 2.24) is 0 Å². The van der Waals surface area contributed by atoms with E-state index in [1.54, 1.807) is 0 Å². The highest BCUT2D eigenvalue weighted by molar-refractivity contribution is 4.81. The van der Waals surface area contributed by atoms with Crippen molar-refractivity contribution in [3.63, 3.8) is 0 Å². The third-order valence-electron chi connectivity index (χ3n) is 5.00. The van der Waals surface area contributed by atoms with E-state index in [1.807, 2.05) is 0 Å². The average molecular weight is 321 g/mol. The minimum absolute atomic E-state index is 0.855. The molecule has 0 heterocycles. The topological polar surface area (TPSA) is 0 Å². The van der Waals surface area contributed by atoms with Crippen molar-refractivity contribution < 1.29 is 0 Å². The van der Waals surface area contributed by atoms with E-state index >= 15 is 0 Å². The minimum atomic E-state index is 0.855. The van der Waals surface area contributed by atoms with Crippen LogP contribution in [0.25, 0.3) is 0 Å². The molecule has 0 saturated heterocycles. The van der Waals surface area contributed by atoms with Crippen LogP contribution in [0.15, 0.2) is 12.2 Å². The number of hydrogen-bond acceptors (Lipinski definition) is 0. The fourth-order valence-electron chi connectivity index (χ4n) is 3.27. The van der Waals surface area contributed by atoms with E-state index in [9.17, 15) is 0 Å². The van der Waals surface area contributed by atoms with Gasteiger partial charge in [0.25, 0.3) is 0 Å². The highest BCUT2D eigenvalue weighted by Gasteiger charge is 2.12. The van der Waals surface area contributed by atoms with Crippen LogP contribution in [-0.2, 0) is 0 Å². The minimum Gasteiger partial charge on any atom is -0.0885 e. The van der Waals surface area contributed by atoms with Gasteiger partial charge in [0.15, 0.2) is 0 Å². The maximum atomic E-state index is 3.92. The average Bonchev–Trinajstić information content (AvgIpc) is 2.54. The molecule has 0 aromatic heterocycles. The van der Waals surface area contributed by atoms with Crippen LogP contribution in [0, 0.1) is 25.7 Å². The van der Waals surface area contributed by atoms with Gasteiger partial charge >= 0.3 is 0 Å². The summed E-state index contributed by atoms with van der Waals surface area (Å²) in [6.07, 6.45) is 24.7. The van der Waals surface area contributed by atoms with Crippen molar-refractivity contribution in [2.45, 2.75) is 110 Å². The molecule has 23 heavy (non-hydrogen) atoms. The first-order chi connectivity index (χ1) is 11.2. The van der Waals surface area contributed by atoms with E-state index in [4.69, 9.17) is 0 Å². The van der Waals surface area contributed by atoms with Crippen molar-refractivity contribution in [3.8, 4) is 0 Å². The van der Waals surface area contributed by atoms with Crippen molar-refractivity contribution in [1.29, 1.82) is 0 Å². The number of rotatable bonds is 17. The maximum absolute atomic E-state index is 3.92. The second kappa shape index (κ2) is 18.1. The molecule has 0 rings (SSSR count). The van der Waals surface area contributed by atoms with Gasteiger partial charge in [-0.1, -0.05) is 110 Å². The SMILES string of the molecule is [CH2]CCCC/C=C/CCCCC(CCCCCCC[CH2])C(C)C. The molecule has 2 radical (unpaired) electrons. The van der Waals surface area contributed by atoms with Gasteiger partial charge in [-0.25, -0.2) is 0 Å². The molecule has 0 saturated carbocycles. The molecule has 0 aliphatic heterocycles.